The molecule has 0 fully saturated rings. The van der Waals surface area contributed by atoms with Gasteiger partial charge in [0.25, 0.3) is 0 Å². The van der Waals surface area contributed by atoms with Gasteiger partial charge in [-0.25, -0.2) is 13.2 Å². The molecule has 0 saturated heterocycles. The molecule has 2 heterocycles. The van der Waals surface area contributed by atoms with Gasteiger partial charge in [-0.1, -0.05) is 42.3 Å². The number of hydrogen-bond donors (Lipinski definition) is 1. The Morgan fingerprint density at radius 2 is 2.03 bits per heavy atom. The molecular weight excluding hydrogens is 435 g/mol. The molecule has 0 aromatic heterocycles. The molecule has 0 spiro atoms. The summed E-state index contributed by atoms with van der Waals surface area (Å²) in [5.41, 5.74) is 1.83. The van der Waals surface area contributed by atoms with E-state index < -0.39 is 21.7 Å². The number of carbonyl (C=O) groups is 1. The van der Waals surface area contributed by atoms with Crippen LogP contribution in [0.25, 0.3) is 0 Å². The average molecular weight is 459 g/mol. The lowest BCUT2D eigenvalue weighted by atomic mass is 9.86. The normalized spacial score (nSPS) is 22.0. The number of halogens is 2. The highest BCUT2D eigenvalue weighted by Crippen LogP contribution is 2.45. The van der Waals surface area contributed by atoms with Gasteiger partial charge in [0.1, 0.15) is 0 Å². The topological polar surface area (TPSA) is 75.7 Å². The van der Waals surface area contributed by atoms with Crippen LogP contribution in [0.3, 0.4) is 0 Å². The van der Waals surface area contributed by atoms with Gasteiger partial charge in [-0.15, -0.1) is 0 Å². The van der Waals surface area contributed by atoms with Crippen molar-refractivity contribution in [1.29, 1.82) is 0 Å². The maximum absolute atomic E-state index is 13.3. The van der Waals surface area contributed by atoms with Crippen LogP contribution in [0.4, 0.5) is 0 Å². The third-order valence-electron chi connectivity index (χ3n) is 5.22. The molecule has 2 aliphatic rings. The Morgan fingerprint density at radius 1 is 1.31 bits per heavy atom. The number of likely N-dealkylation sites (N-methyl/N-ethyl adjacent to an activating group) is 1. The van der Waals surface area contributed by atoms with Crippen LogP contribution in [0.5, 0.6) is 0 Å². The zero-order chi connectivity index (χ0) is 21.3. The number of benzene rings is 1. The van der Waals surface area contributed by atoms with E-state index in [0.717, 1.165) is 0 Å². The minimum Gasteiger partial charge on any atom is -0.463 e. The van der Waals surface area contributed by atoms with E-state index in [9.17, 15) is 13.2 Å². The summed E-state index contributed by atoms with van der Waals surface area (Å²) in [5.74, 6) is -1.49. The Balaban J connectivity index is 2.30. The van der Waals surface area contributed by atoms with Crippen LogP contribution in [0.1, 0.15) is 32.3 Å². The summed E-state index contributed by atoms with van der Waals surface area (Å²) < 4.78 is 31.9. The molecule has 0 bridgehead atoms. The first kappa shape index (κ1) is 22.2. The van der Waals surface area contributed by atoms with Gasteiger partial charge in [-0.3, -0.25) is 4.90 Å². The second-order valence-corrected chi connectivity index (χ2v) is 9.85. The van der Waals surface area contributed by atoms with Crippen LogP contribution in [-0.4, -0.2) is 51.3 Å². The molecule has 1 unspecified atom stereocenters. The SMILES string of the molecule is CCOC(=O)C1=C(C)NC2=C(C1c1cccc(Cl)c1Cl)S(=O)(=O)CCN(CC)C2. The molecule has 0 amide bonds. The number of dihydropyridines is 1. The fraction of sp³-hybridized carbons (Fsp3) is 0.450. The van der Waals surface area contributed by atoms with Crippen molar-refractivity contribution in [1.82, 2.24) is 10.2 Å². The van der Waals surface area contributed by atoms with Crippen LogP contribution in [0.2, 0.25) is 10.0 Å². The quantitative estimate of drug-likeness (QED) is 0.695. The predicted molar refractivity (Wildman–Crippen MR) is 115 cm³/mol. The van der Waals surface area contributed by atoms with Gasteiger partial charge in [0.05, 0.1) is 38.8 Å². The van der Waals surface area contributed by atoms with Gasteiger partial charge < -0.3 is 10.1 Å². The molecule has 6 nitrogen and oxygen atoms in total. The van der Waals surface area contributed by atoms with Gasteiger partial charge in [0, 0.05) is 24.5 Å². The summed E-state index contributed by atoms with van der Waals surface area (Å²) in [6.07, 6.45) is 0. The van der Waals surface area contributed by atoms with E-state index in [4.69, 9.17) is 27.9 Å². The zero-order valence-electron chi connectivity index (χ0n) is 16.6. The third kappa shape index (κ3) is 4.19. The van der Waals surface area contributed by atoms with Gasteiger partial charge in [0.2, 0.25) is 0 Å². The smallest absolute Gasteiger partial charge is 0.336 e. The van der Waals surface area contributed by atoms with E-state index in [2.05, 4.69) is 5.32 Å². The largest absolute Gasteiger partial charge is 0.463 e. The van der Waals surface area contributed by atoms with E-state index in [-0.39, 0.29) is 27.9 Å². The number of nitrogens with one attached hydrogen (secondary N) is 1. The Morgan fingerprint density at radius 3 is 2.69 bits per heavy atom. The number of carbonyl (C=O) groups excluding carboxylic acids is 1. The minimum absolute atomic E-state index is 0.0365. The van der Waals surface area contributed by atoms with Gasteiger partial charge >= 0.3 is 5.97 Å². The fourth-order valence-corrected chi connectivity index (χ4v) is 6.04. The van der Waals surface area contributed by atoms with Crippen molar-refractivity contribution >= 4 is 39.0 Å². The maximum atomic E-state index is 13.3. The summed E-state index contributed by atoms with van der Waals surface area (Å²) in [7, 11) is -3.66. The molecule has 1 atom stereocenters. The first-order valence-corrected chi connectivity index (χ1v) is 11.9. The molecule has 158 valence electrons. The molecule has 0 radical (unpaired) electrons. The molecule has 0 aliphatic carbocycles. The van der Waals surface area contributed by atoms with Crippen molar-refractivity contribution in [3.8, 4) is 0 Å². The lowest BCUT2D eigenvalue weighted by Gasteiger charge is -2.32. The summed E-state index contributed by atoms with van der Waals surface area (Å²) in [4.78, 5) is 15.1. The van der Waals surface area contributed by atoms with E-state index in [1.807, 2.05) is 11.8 Å². The number of allylic oxidation sites excluding steroid dienone is 2. The number of sulfone groups is 1. The van der Waals surface area contributed by atoms with E-state index >= 15 is 0 Å². The number of ether oxygens (including phenoxy) is 1. The Kier molecular flexibility index (Phi) is 6.63. The van der Waals surface area contributed by atoms with Gasteiger partial charge in [-0.2, -0.15) is 0 Å². The number of nitrogens with zero attached hydrogens (tertiary/aromatic N) is 1. The van der Waals surface area contributed by atoms with Crippen LogP contribution in [0.15, 0.2) is 40.1 Å². The fourth-order valence-electron chi connectivity index (χ4n) is 3.81. The molecule has 0 saturated carbocycles. The van der Waals surface area contributed by atoms with E-state index in [1.165, 1.54) is 0 Å². The van der Waals surface area contributed by atoms with Crippen molar-refractivity contribution in [2.45, 2.75) is 26.7 Å². The van der Waals surface area contributed by atoms with Crippen LogP contribution >= 0.6 is 23.2 Å². The summed E-state index contributed by atoms with van der Waals surface area (Å²) in [5, 5.41) is 3.69. The molecule has 1 N–H and O–H groups in total. The van der Waals surface area contributed by atoms with Crippen LogP contribution in [-0.2, 0) is 19.4 Å². The molecule has 1 aromatic rings. The summed E-state index contributed by atoms with van der Waals surface area (Å²) in [6.45, 7) is 7.18. The summed E-state index contributed by atoms with van der Waals surface area (Å²) in [6, 6.07) is 5.04. The third-order valence-corrected chi connectivity index (χ3v) is 7.92. The highest BCUT2D eigenvalue weighted by molar-refractivity contribution is 7.95. The standard InChI is InChI=1S/C20H24Cl2N2O4S/c1-4-24-9-10-29(26,27)19-15(11-24)23-12(3)16(20(25)28-5-2)17(19)13-7-6-8-14(21)18(13)22/h6-8,17,23H,4-5,9-11H2,1-3H3. The minimum atomic E-state index is -3.66. The van der Waals surface area contributed by atoms with Crippen LogP contribution in [0, 0.1) is 0 Å². The molecule has 2 aliphatic heterocycles. The van der Waals surface area contributed by atoms with Crippen molar-refractivity contribution in [2.24, 2.45) is 0 Å². The molecule has 3 rings (SSSR count). The molecule has 29 heavy (non-hydrogen) atoms. The molecule has 1 aromatic carbocycles. The van der Waals surface area contributed by atoms with Gasteiger partial charge in [-0.05, 0) is 32.0 Å². The maximum Gasteiger partial charge on any atom is 0.336 e. The molecular formula is C20H24Cl2N2O4S. The Bertz CT molecular complexity index is 1000. The van der Waals surface area contributed by atoms with Gasteiger partial charge in [0.15, 0.2) is 9.84 Å². The lowest BCUT2D eigenvalue weighted by Crippen LogP contribution is -2.35. The van der Waals surface area contributed by atoms with E-state index in [0.29, 0.717) is 41.6 Å². The second kappa shape index (κ2) is 8.68. The van der Waals surface area contributed by atoms with Crippen molar-refractivity contribution < 1.29 is 17.9 Å². The first-order valence-electron chi connectivity index (χ1n) is 9.48. The van der Waals surface area contributed by atoms with Crippen molar-refractivity contribution in [3.05, 3.63) is 55.7 Å². The van der Waals surface area contributed by atoms with Crippen molar-refractivity contribution in [3.63, 3.8) is 0 Å². The van der Waals surface area contributed by atoms with Crippen molar-refractivity contribution in [2.75, 3.05) is 32.0 Å². The lowest BCUT2D eigenvalue weighted by molar-refractivity contribution is -0.138. The molecule has 9 heteroatoms. The number of rotatable bonds is 4. The monoisotopic (exact) mass is 458 g/mol. The number of esters is 1. The van der Waals surface area contributed by atoms with Crippen LogP contribution < -0.4 is 5.32 Å². The highest BCUT2D eigenvalue weighted by atomic mass is 35.5. The highest BCUT2D eigenvalue weighted by Gasteiger charge is 2.43. The summed E-state index contributed by atoms with van der Waals surface area (Å²) >= 11 is 12.7. The predicted octanol–water partition coefficient (Wildman–Crippen LogP) is 3.48. The first-order chi connectivity index (χ1) is 13.7. The average Bonchev–Trinajstić information content (AvgIpc) is 2.78. The van der Waals surface area contributed by atoms with E-state index in [1.54, 1.807) is 32.0 Å². The Labute approximate surface area is 181 Å². The second-order valence-electron chi connectivity index (χ2n) is 6.99. The number of hydrogen-bond acceptors (Lipinski definition) is 6. The zero-order valence-corrected chi connectivity index (χ0v) is 18.9. The Hall–Kier alpha value is -1.54.